The summed E-state index contributed by atoms with van der Waals surface area (Å²) in [5.41, 5.74) is 10.3. The van der Waals surface area contributed by atoms with Gasteiger partial charge in [0.2, 0.25) is 0 Å². The van der Waals surface area contributed by atoms with Gasteiger partial charge >= 0.3 is 0 Å². The van der Waals surface area contributed by atoms with Gasteiger partial charge in [0, 0.05) is 50.5 Å². The number of allylic oxidation sites excluding steroid dienone is 1. The molecule has 53 heavy (non-hydrogen) atoms. The highest BCUT2D eigenvalue weighted by molar-refractivity contribution is 6.99. The molecule has 0 amide bonds. The molecule has 1 aromatic heterocycles. The number of ether oxygens (including phenoxy) is 3. The molecule has 0 aliphatic carbocycles. The number of nitrogens with zero attached hydrogens (tertiary/aromatic N) is 2. The summed E-state index contributed by atoms with van der Waals surface area (Å²) in [5.74, 6) is 4.81. The number of aromatic hydroxyl groups is 1. The van der Waals surface area contributed by atoms with Crippen LogP contribution in [0.25, 0.3) is 33.6 Å². The Balaban J connectivity index is 1.17. The van der Waals surface area contributed by atoms with E-state index in [1.165, 1.54) is 0 Å². The third-order valence-electron chi connectivity index (χ3n) is 10.9. The molecule has 0 unspecified atom stereocenters. The highest BCUT2D eigenvalue weighted by Gasteiger charge is 2.46. The number of aromatic nitrogens is 1. The average molecular weight is 687 g/mol. The predicted octanol–water partition coefficient (Wildman–Crippen LogP) is 10.1. The molecule has 0 saturated carbocycles. The Bertz CT molecular complexity index is 2800. The Hall–Kier alpha value is -6.86. The summed E-state index contributed by atoms with van der Waals surface area (Å²) in [6.07, 6.45) is 4.18. The van der Waals surface area contributed by atoms with Crippen LogP contribution in [0.3, 0.4) is 0 Å². The van der Waals surface area contributed by atoms with Crippen LogP contribution in [0.1, 0.15) is 18.1 Å². The van der Waals surface area contributed by atoms with E-state index in [4.69, 9.17) is 14.2 Å². The molecule has 0 saturated heterocycles. The van der Waals surface area contributed by atoms with Crippen LogP contribution in [0.5, 0.6) is 40.2 Å². The fourth-order valence-corrected chi connectivity index (χ4v) is 8.62. The van der Waals surface area contributed by atoms with Crippen molar-refractivity contribution in [3.63, 3.8) is 0 Å². The van der Waals surface area contributed by atoms with E-state index < -0.39 is 0 Å². The summed E-state index contributed by atoms with van der Waals surface area (Å²) in [6.45, 7) is 3.95. The molecule has 7 heteroatoms. The number of anilines is 3. The summed E-state index contributed by atoms with van der Waals surface area (Å²) in [7, 11) is 0. The van der Waals surface area contributed by atoms with Gasteiger partial charge in [-0.1, -0.05) is 78.9 Å². The van der Waals surface area contributed by atoms with Crippen LogP contribution in [0.4, 0.5) is 17.1 Å². The van der Waals surface area contributed by atoms with E-state index in [0.29, 0.717) is 0 Å². The van der Waals surface area contributed by atoms with Gasteiger partial charge in [-0.05, 0) is 74.0 Å². The number of phenolic OH excluding ortho intramolecular Hbond substituents is 1. The van der Waals surface area contributed by atoms with Crippen LogP contribution >= 0.6 is 0 Å². The minimum atomic E-state index is -0.0755. The van der Waals surface area contributed by atoms with Crippen LogP contribution in [0.2, 0.25) is 0 Å². The number of phenols is 1. The van der Waals surface area contributed by atoms with Gasteiger partial charge in [-0.15, -0.1) is 0 Å². The molecule has 1 N–H and O–H groups in total. The van der Waals surface area contributed by atoms with Gasteiger partial charge in [-0.3, -0.25) is 0 Å². The van der Waals surface area contributed by atoms with Crippen LogP contribution < -0.4 is 35.5 Å². The molecule has 0 fully saturated rings. The quantitative estimate of drug-likeness (QED) is 0.183. The van der Waals surface area contributed by atoms with E-state index in [0.717, 1.165) is 107 Å². The molecule has 8 aromatic rings. The molecular formula is C46H31BN2O4. The lowest BCUT2D eigenvalue weighted by Gasteiger charge is -2.37. The van der Waals surface area contributed by atoms with E-state index >= 15 is 0 Å². The standard InChI is InChI=1S/C46H31BN2O4/c1-3-13-28-14-7-9-18-33(28)48(29-15-5-4-6-16-29)35-26-32-31-17-8-10-19-34(31)49(45(32)46(50)27(35)2)30-24-40-44-41(25-30)53-39-23-12-21-37-43(39)47(44)42-36(51-37)20-11-22-38(42)52-40/h3-26,50H,1-2H3. The molecule has 252 valence electrons. The minimum Gasteiger partial charge on any atom is -0.505 e. The smallest absolute Gasteiger partial charge is 0.270 e. The van der Waals surface area contributed by atoms with E-state index in [-0.39, 0.29) is 12.5 Å². The molecule has 0 spiro atoms. The molecule has 3 aliphatic rings. The molecule has 11 rings (SSSR count). The fraction of sp³-hybridized carbons (Fsp3) is 0.0435. The van der Waals surface area contributed by atoms with Crippen molar-refractivity contribution in [2.24, 2.45) is 0 Å². The van der Waals surface area contributed by atoms with Crippen molar-refractivity contribution in [2.75, 3.05) is 4.90 Å². The number of fused-ring (bicyclic) bond motifs is 3. The predicted molar refractivity (Wildman–Crippen MR) is 214 cm³/mol. The summed E-state index contributed by atoms with van der Waals surface area (Å²) in [4.78, 5) is 2.24. The van der Waals surface area contributed by atoms with Gasteiger partial charge in [0.05, 0.1) is 28.1 Å². The van der Waals surface area contributed by atoms with Gasteiger partial charge in [-0.25, -0.2) is 0 Å². The first-order chi connectivity index (χ1) is 26.1. The lowest BCUT2D eigenvalue weighted by molar-refractivity contribution is 0.442. The Morgan fingerprint density at radius 2 is 1.19 bits per heavy atom. The molecule has 0 bridgehead atoms. The van der Waals surface area contributed by atoms with Gasteiger partial charge < -0.3 is 28.8 Å². The molecule has 4 heterocycles. The van der Waals surface area contributed by atoms with E-state index in [1.807, 2.05) is 74.5 Å². The lowest BCUT2D eigenvalue weighted by Crippen LogP contribution is -2.59. The van der Waals surface area contributed by atoms with Crippen molar-refractivity contribution >= 4 is 68.0 Å². The summed E-state index contributed by atoms with van der Waals surface area (Å²) < 4.78 is 21.9. The SMILES string of the molecule is CC=Cc1ccccc1N(c1ccccc1)c1cc2c3ccccc3n(-c3cc4c5c(c3)Oc3cccc6c3B5c3c(cccc3O4)O6)c2c(O)c1C. The maximum atomic E-state index is 12.5. The molecule has 6 nitrogen and oxygen atoms in total. The first-order valence-electron chi connectivity index (χ1n) is 17.9. The zero-order chi connectivity index (χ0) is 35.4. The summed E-state index contributed by atoms with van der Waals surface area (Å²) >= 11 is 0. The second kappa shape index (κ2) is 11.1. The number of hydrogen-bond acceptors (Lipinski definition) is 5. The van der Waals surface area contributed by atoms with Gasteiger partial charge in [0.15, 0.2) is 0 Å². The summed E-state index contributed by atoms with van der Waals surface area (Å²) in [5, 5.41) is 14.4. The highest BCUT2D eigenvalue weighted by atomic mass is 16.5. The highest BCUT2D eigenvalue weighted by Crippen LogP contribution is 2.49. The number of rotatable bonds is 5. The zero-order valence-corrected chi connectivity index (χ0v) is 29.0. The van der Waals surface area contributed by atoms with Crippen LogP contribution in [-0.2, 0) is 0 Å². The minimum absolute atomic E-state index is 0.0755. The molecular weight excluding hydrogens is 655 g/mol. The fourth-order valence-electron chi connectivity index (χ4n) is 8.62. The Labute approximate surface area is 306 Å². The normalized spacial score (nSPS) is 13.1. The van der Waals surface area contributed by atoms with Gasteiger partial charge in [0.25, 0.3) is 6.71 Å². The zero-order valence-electron chi connectivity index (χ0n) is 29.0. The van der Waals surface area contributed by atoms with Gasteiger partial charge in [0.1, 0.15) is 40.2 Å². The molecule has 3 aliphatic heterocycles. The van der Waals surface area contributed by atoms with Gasteiger partial charge in [-0.2, -0.15) is 0 Å². The van der Waals surface area contributed by atoms with Crippen molar-refractivity contribution in [3.8, 4) is 45.9 Å². The molecule has 0 radical (unpaired) electrons. The second-order valence-electron chi connectivity index (χ2n) is 13.8. The largest absolute Gasteiger partial charge is 0.505 e. The molecule has 0 atom stereocenters. The average Bonchev–Trinajstić information content (AvgIpc) is 3.52. The van der Waals surface area contributed by atoms with E-state index in [9.17, 15) is 5.11 Å². The first-order valence-corrected chi connectivity index (χ1v) is 17.9. The van der Waals surface area contributed by atoms with E-state index in [2.05, 4.69) is 94.4 Å². The lowest BCUT2D eigenvalue weighted by atomic mass is 9.34. The first kappa shape index (κ1) is 29.8. The summed E-state index contributed by atoms with van der Waals surface area (Å²) in [6, 6.07) is 45.4. The van der Waals surface area contributed by atoms with Crippen molar-refractivity contribution < 1.29 is 19.3 Å². The maximum absolute atomic E-state index is 12.5. The molecule has 7 aromatic carbocycles. The Morgan fingerprint density at radius 3 is 1.87 bits per heavy atom. The third-order valence-corrected chi connectivity index (χ3v) is 10.9. The van der Waals surface area contributed by atoms with Crippen LogP contribution in [0, 0.1) is 6.92 Å². The number of hydrogen-bond donors (Lipinski definition) is 1. The van der Waals surface area contributed by atoms with Crippen molar-refractivity contribution in [1.82, 2.24) is 4.57 Å². The topological polar surface area (TPSA) is 56.1 Å². The number of para-hydroxylation sites is 3. The maximum Gasteiger partial charge on any atom is 0.270 e. The number of benzene rings is 7. The second-order valence-corrected chi connectivity index (χ2v) is 13.8. The van der Waals surface area contributed by atoms with Crippen molar-refractivity contribution in [1.29, 1.82) is 0 Å². The van der Waals surface area contributed by atoms with Crippen LogP contribution in [-0.4, -0.2) is 16.4 Å². The Kier molecular flexibility index (Phi) is 6.23. The van der Waals surface area contributed by atoms with Crippen molar-refractivity contribution in [2.45, 2.75) is 13.8 Å². The monoisotopic (exact) mass is 686 g/mol. The van der Waals surface area contributed by atoms with E-state index in [1.54, 1.807) is 0 Å². The van der Waals surface area contributed by atoms with Crippen molar-refractivity contribution in [3.05, 3.63) is 151 Å². The van der Waals surface area contributed by atoms with Crippen LogP contribution in [0.15, 0.2) is 140 Å². The Morgan fingerprint density at radius 1 is 0.604 bits per heavy atom. The third kappa shape index (κ3) is 4.16.